The Morgan fingerprint density at radius 3 is 2.32 bits per heavy atom. The van der Waals surface area contributed by atoms with Gasteiger partial charge in [-0.15, -0.1) is 0 Å². The van der Waals surface area contributed by atoms with E-state index < -0.39 is 42.4 Å². The summed E-state index contributed by atoms with van der Waals surface area (Å²) in [6.07, 6.45) is 1.05. The van der Waals surface area contributed by atoms with Crippen LogP contribution in [-0.4, -0.2) is 45.8 Å². The molecule has 0 saturated heterocycles. The van der Waals surface area contributed by atoms with Gasteiger partial charge in [0, 0.05) is 6.61 Å². The quantitative estimate of drug-likeness (QED) is 0.325. The molecule has 25 heavy (non-hydrogen) atoms. The summed E-state index contributed by atoms with van der Waals surface area (Å²) in [6, 6.07) is 9.06. The minimum atomic E-state index is -3.81. The second-order valence-electron chi connectivity index (χ2n) is 5.33. The van der Waals surface area contributed by atoms with E-state index in [0.717, 1.165) is 11.8 Å². The molecule has 1 rings (SSSR count). The minimum absolute atomic E-state index is 0.118. The summed E-state index contributed by atoms with van der Waals surface area (Å²) in [5.74, 6) is -1.63. The van der Waals surface area contributed by atoms with E-state index in [-0.39, 0.29) is 19.6 Å². The summed E-state index contributed by atoms with van der Waals surface area (Å²) in [5, 5.41) is -1.67. The molecule has 0 aliphatic rings. The number of rotatable bonds is 11. The molecule has 9 heteroatoms. The van der Waals surface area contributed by atoms with E-state index in [0.29, 0.717) is 0 Å². The van der Waals surface area contributed by atoms with E-state index in [2.05, 4.69) is 0 Å². The van der Waals surface area contributed by atoms with Gasteiger partial charge in [-0.2, -0.15) is 8.42 Å². The lowest BCUT2D eigenvalue weighted by Gasteiger charge is -2.32. The van der Waals surface area contributed by atoms with Crippen LogP contribution in [0, 0.1) is 5.92 Å². The van der Waals surface area contributed by atoms with Crippen molar-refractivity contribution in [3.8, 4) is 0 Å². The Labute approximate surface area is 150 Å². The number of benzene rings is 1. The van der Waals surface area contributed by atoms with Crippen LogP contribution < -0.4 is 0 Å². The summed E-state index contributed by atoms with van der Waals surface area (Å²) in [5.41, 5.74) is 0.799. The van der Waals surface area contributed by atoms with Gasteiger partial charge in [0.25, 0.3) is 10.1 Å². The molecule has 2 unspecified atom stereocenters. The van der Waals surface area contributed by atoms with Crippen molar-refractivity contribution in [3.63, 3.8) is 0 Å². The van der Waals surface area contributed by atoms with Gasteiger partial charge >= 0.3 is 5.97 Å². The molecule has 0 amide bonds. The predicted octanol–water partition coefficient (Wildman–Crippen LogP) is 2.41. The maximum atomic E-state index is 12.5. The maximum Gasteiger partial charge on any atom is 0.313 e. The summed E-state index contributed by atoms with van der Waals surface area (Å²) in [6.45, 7) is 3.01. The van der Waals surface area contributed by atoms with Gasteiger partial charge < -0.3 is 9.47 Å². The first-order chi connectivity index (χ1) is 11.8. The number of hydrogen-bond donors (Lipinski definition) is 0. The van der Waals surface area contributed by atoms with Crippen molar-refractivity contribution in [2.75, 3.05) is 26.1 Å². The zero-order chi connectivity index (χ0) is 18.9. The highest BCUT2D eigenvalue weighted by Gasteiger charge is 2.47. The summed E-state index contributed by atoms with van der Waals surface area (Å²) >= 11 is 0. The fourth-order valence-electron chi connectivity index (χ4n) is 2.32. The van der Waals surface area contributed by atoms with Gasteiger partial charge in [0.15, 0.2) is 13.8 Å². The lowest BCUT2D eigenvalue weighted by atomic mass is 9.93. The molecule has 2 atom stereocenters. The van der Waals surface area contributed by atoms with Crippen LogP contribution in [0.15, 0.2) is 30.3 Å². The summed E-state index contributed by atoms with van der Waals surface area (Å²) in [4.78, 5) is 12.5. The van der Waals surface area contributed by atoms with Crippen LogP contribution in [0.4, 0.5) is 0 Å². The van der Waals surface area contributed by atoms with Crippen molar-refractivity contribution in [1.29, 1.82) is 0 Å². The Bertz CT molecular complexity index is 662. The van der Waals surface area contributed by atoms with E-state index in [9.17, 15) is 17.8 Å². The Kier molecular flexibility index (Phi) is 8.65. The van der Waals surface area contributed by atoms with Crippen molar-refractivity contribution in [3.05, 3.63) is 35.9 Å². The van der Waals surface area contributed by atoms with Crippen molar-refractivity contribution in [2.24, 2.45) is 5.92 Å². The Balaban J connectivity index is 3.25. The van der Waals surface area contributed by atoms with Gasteiger partial charge in [0.1, 0.15) is 12.5 Å². The zero-order valence-electron chi connectivity index (χ0n) is 14.5. The monoisotopic (exact) mass is 390 g/mol. The maximum absolute atomic E-state index is 12.5. The Morgan fingerprint density at radius 1 is 1.20 bits per heavy atom. The zero-order valence-corrected chi connectivity index (χ0v) is 16.2. The highest BCUT2D eigenvalue weighted by molar-refractivity contribution is 7.86. The fourth-order valence-corrected chi connectivity index (χ4v) is 3.42. The molecule has 0 spiro atoms. The van der Waals surface area contributed by atoms with Crippen LogP contribution in [0.2, 0.25) is 0 Å². The van der Waals surface area contributed by atoms with E-state index >= 15 is 0 Å². The SMILES string of the molecule is CCOC(=O)C(Cc1ccccc1)C(COS(C)(=O)=O)(OCC)P=O. The largest absolute Gasteiger partial charge is 0.466 e. The standard InChI is InChI=1S/C16H23O7PS/c1-4-21-15(17)14(11-13-9-7-6-8-10-13)16(24-18,22-5-2)12-23-25(3,19)20/h6-10,14H,4-5,11-12H2,1-3H3. The molecule has 0 aliphatic carbocycles. The van der Waals surface area contributed by atoms with Gasteiger partial charge in [-0.1, -0.05) is 30.3 Å². The van der Waals surface area contributed by atoms with Crippen molar-refractivity contribution < 1.29 is 31.4 Å². The van der Waals surface area contributed by atoms with Crippen LogP contribution in [0.3, 0.4) is 0 Å². The molecular weight excluding hydrogens is 367 g/mol. The Hall–Kier alpha value is -1.34. The van der Waals surface area contributed by atoms with Crippen LogP contribution in [0.5, 0.6) is 0 Å². The third-order valence-electron chi connectivity index (χ3n) is 3.43. The van der Waals surface area contributed by atoms with E-state index in [1.54, 1.807) is 13.8 Å². The molecule has 0 bridgehead atoms. The molecule has 0 saturated carbocycles. The third kappa shape index (κ3) is 6.82. The average Bonchev–Trinajstić information content (AvgIpc) is 2.57. The fraction of sp³-hybridized carbons (Fsp3) is 0.562. The topological polar surface area (TPSA) is 96.0 Å². The van der Waals surface area contributed by atoms with Gasteiger partial charge in [-0.25, -0.2) is 0 Å². The van der Waals surface area contributed by atoms with Crippen LogP contribution in [-0.2, 0) is 39.6 Å². The first kappa shape index (κ1) is 21.7. The number of esters is 1. The molecule has 0 N–H and O–H groups in total. The third-order valence-corrected chi connectivity index (χ3v) is 4.85. The second-order valence-corrected chi connectivity index (χ2v) is 7.91. The summed E-state index contributed by atoms with van der Waals surface area (Å²) < 4.78 is 50.2. The number of hydrogen-bond acceptors (Lipinski definition) is 7. The van der Waals surface area contributed by atoms with Crippen LogP contribution >= 0.6 is 8.46 Å². The summed E-state index contributed by atoms with van der Waals surface area (Å²) in [7, 11) is -4.37. The molecule has 0 radical (unpaired) electrons. The first-order valence-corrected chi connectivity index (χ1v) is 10.4. The predicted molar refractivity (Wildman–Crippen MR) is 93.0 cm³/mol. The number of carbonyl (C=O) groups excluding carboxylic acids is 1. The molecule has 0 fully saturated rings. The van der Waals surface area contributed by atoms with Crippen LogP contribution in [0.25, 0.3) is 0 Å². The lowest BCUT2D eigenvalue weighted by Crippen LogP contribution is -2.46. The van der Waals surface area contributed by atoms with Gasteiger partial charge in [0.2, 0.25) is 0 Å². The molecular formula is C16H23O7PS. The van der Waals surface area contributed by atoms with Gasteiger partial charge in [-0.05, 0) is 25.8 Å². The smallest absolute Gasteiger partial charge is 0.313 e. The first-order valence-electron chi connectivity index (χ1n) is 7.81. The van der Waals surface area contributed by atoms with E-state index in [4.69, 9.17) is 13.7 Å². The second kappa shape index (κ2) is 9.97. The van der Waals surface area contributed by atoms with Crippen molar-refractivity contribution in [2.45, 2.75) is 25.6 Å². The van der Waals surface area contributed by atoms with Gasteiger partial charge in [-0.3, -0.25) is 13.5 Å². The molecule has 1 aromatic rings. The molecule has 7 nitrogen and oxygen atoms in total. The highest BCUT2D eigenvalue weighted by atomic mass is 32.2. The molecule has 1 aromatic carbocycles. The van der Waals surface area contributed by atoms with Crippen molar-refractivity contribution >= 4 is 24.5 Å². The van der Waals surface area contributed by atoms with Gasteiger partial charge in [0.05, 0.1) is 12.9 Å². The number of ether oxygens (including phenoxy) is 2. The minimum Gasteiger partial charge on any atom is -0.466 e. The normalized spacial score (nSPS) is 15.5. The molecule has 140 valence electrons. The highest BCUT2D eigenvalue weighted by Crippen LogP contribution is 2.37. The van der Waals surface area contributed by atoms with Crippen molar-refractivity contribution in [1.82, 2.24) is 0 Å². The number of carbonyl (C=O) groups is 1. The average molecular weight is 390 g/mol. The van der Waals surface area contributed by atoms with Crippen LogP contribution in [0.1, 0.15) is 19.4 Å². The molecule has 0 heterocycles. The van der Waals surface area contributed by atoms with E-state index in [1.165, 1.54) is 0 Å². The lowest BCUT2D eigenvalue weighted by molar-refractivity contribution is -0.157. The molecule has 0 aliphatic heterocycles. The molecule has 0 aromatic heterocycles. The Morgan fingerprint density at radius 2 is 1.84 bits per heavy atom. The van der Waals surface area contributed by atoms with E-state index in [1.807, 2.05) is 30.3 Å².